The van der Waals surface area contributed by atoms with Crippen LogP contribution in [0.2, 0.25) is 0 Å². The SMILES string of the molecule is COc1ccc([C@@H](Cl)[C@@H](NS(=O)(=O)c2ccc(C)cc2)C(=O)c2ccccc2)cc1. The van der Waals surface area contributed by atoms with Crippen molar-refractivity contribution in [1.82, 2.24) is 4.72 Å². The Morgan fingerprint density at radius 3 is 2.10 bits per heavy atom. The summed E-state index contributed by atoms with van der Waals surface area (Å²) in [7, 11) is -2.43. The van der Waals surface area contributed by atoms with E-state index in [1.165, 1.54) is 12.1 Å². The van der Waals surface area contributed by atoms with Crippen molar-refractivity contribution in [2.45, 2.75) is 23.2 Å². The van der Waals surface area contributed by atoms with E-state index >= 15 is 0 Å². The van der Waals surface area contributed by atoms with Gasteiger partial charge in [-0.1, -0.05) is 60.2 Å². The van der Waals surface area contributed by atoms with Crippen LogP contribution in [0.4, 0.5) is 0 Å². The quantitative estimate of drug-likeness (QED) is 0.410. The Morgan fingerprint density at radius 1 is 0.933 bits per heavy atom. The third kappa shape index (κ3) is 5.08. The molecule has 0 saturated heterocycles. The molecule has 0 aliphatic carbocycles. The summed E-state index contributed by atoms with van der Waals surface area (Å²) in [5.41, 5.74) is 1.89. The number of hydrogen-bond acceptors (Lipinski definition) is 4. The van der Waals surface area contributed by atoms with Gasteiger partial charge in [0.15, 0.2) is 5.78 Å². The van der Waals surface area contributed by atoms with Crippen LogP contribution >= 0.6 is 11.6 Å². The summed E-state index contributed by atoms with van der Waals surface area (Å²) >= 11 is 6.64. The minimum Gasteiger partial charge on any atom is -0.497 e. The monoisotopic (exact) mass is 443 g/mol. The summed E-state index contributed by atoms with van der Waals surface area (Å²) in [6, 6.07) is 20.5. The number of halogens is 1. The average Bonchev–Trinajstić information content (AvgIpc) is 2.77. The minimum absolute atomic E-state index is 0.0672. The number of carbonyl (C=O) groups is 1. The third-order valence-corrected chi connectivity index (χ3v) is 6.64. The number of nitrogens with one attached hydrogen (secondary N) is 1. The van der Waals surface area contributed by atoms with E-state index in [2.05, 4.69) is 4.72 Å². The van der Waals surface area contributed by atoms with Gasteiger partial charge in [0.05, 0.1) is 17.4 Å². The first-order valence-electron chi connectivity index (χ1n) is 9.28. The van der Waals surface area contributed by atoms with Crippen molar-refractivity contribution in [3.05, 3.63) is 95.6 Å². The van der Waals surface area contributed by atoms with Gasteiger partial charge >= 0.3 is 0 Å². The van der Waals surface area contributed by atoms with E-state index in [1.54, 1.807) is 73.8 Å². The summed E-state index contributed by atoms with van der Waals surface area (Å²) in [5.74, 6) is 0.218. The molecule has 0 aliphatic heterocycles. The number of sulfonamides is 1. The predicted molar refractivity (Wildman–Crippen MR) is 118 cm³/mol. The molecule has 0 radical (unpaired) electrons. The van der Waals surface area contributed by atoms with Crippen molar-refractivity contribution in [2.75, 3.05) is 7.11 Å². The normalized spacial score (nSPS) is 13.4. The highest BCUT2D eigenvalue weighted by Gasteiger charge is 2.33. The molecule has 7 heteroatoms. The van der Waals surface area contributed by atoms with E-state index < -0.39 is 27.2 Å². The van der Waals surface area contributed by atoms with Gasteiger partial charge in [0.2, 0.25) is 10.0 Å². The van der Waals surface area contributed by atoms with Crippen LogP contribution in [0.3, 0.4) is 0 Å². The summed E-state index contributed by atoms with van der Waals surface area (Å²) in [4.78, 5) is 13.3. The Morgan fingerprint density at radius 2 is 1.53 bits per heavy atom. The third-order valence-electron chi connectivity index (χ3n) is 4.68. The zero-order valence-electron chi connectivity index (χ0n) is 16.6. The molecule has 2 atom stereocenters. The van der Waals surface area contributed by atoms with Crippen molar-refractivity contribution < 1.29 is 17.9 Å². The van der Waals surface area contributed by atoms with Gasteiger partial charge in [-0.3, -0.25) is 4.79 Å². The Kier molecular flexibility index (Phi) is 6.92. The van der Waals surface area contributed by atoms with E-state index in [-0.39, 0.29) is 4.90 Å². The summed E-state index contributed by atoms with van der Waals surface area (Å²) in [6.45, 7) is 1.87. The number of hydrogen-bond donors (Lipinski definition) is 1. The summed E-state index contributed by atoms with van der Waals surface area (Å²) in [5, 5.41) is -0.927. The van der Waals surface area contributed by atoms with Crippen molar-refractivity contribution in [3.8, 4) is 5.75 Å². The molecule has 30 heavy (non-hydrogen) atoms. The molecule has 0 aromatic heterocycles. The van der Waals surface area contributed by atoms with Crippen molar-refractivity contribution >= 4 is 27.4 Å². The smallest absolute Gasteiger partial charge is 0.241 e. The molecule has 0 unspecified atom stereocenters. The lowest BCUT2D eigenvalue weighted by Crippen LogP contribution is -2.43. The van der Waals surface area contributed by atoms with Crippen LogP contribution in [0.15, 0.2) is 83.8 Å². The van der Waals surface area contributed by atoms with Crippen LogP contribution < -0.4 is 9.46 Å². The fourth-order valence-electron chi connectivity index (χ4n) is 2.96. The largest absolute Gasteiger partial charge is 0.497 e. The fourth-order valence-corrected chi connectivity index (χ4v) is 4.57. The molecule has 156 valence electrons. The van der Waals surface area contributed by atoms with Crippen LogP contribution in [-0.2, 0) is 10.0 Å². The van der Waals surface area contributed by atoms with E-state index in [9.17, 15) is 13.2 Å². The topological polar surface area (TPSA) is 72.5 Å². The Labute approximate surface area is 181 Å². The lowest BCUT2D eigenvalue weighted by molar-refractivity contribution is 0.0951. The van der Waals surface area contributed by atoms with E-state index in [4.69, 9.17) is 16.3 Å². The van der Waals surface area contributed by atoms with Crippen molar-refractivity contribution in [1.29, 1.82) is 0 Å². The van der Waals surface area contributed by atoms with Crippen LogP contribution in [0, 0.1) is 6.92 Å². The molecule has 0 saturated carbocycles. The first kappa shape index (κ1) is 22.0. The van der Waals surface area contributed by atoms with E-state index in [0.29, 0.717) is 16.9 Å². The second kappa shape index (κ2) is 9.43. The molecule has 0 bridgehead atoms. The summed E-state index contributed by atoms with van der Waals surface area (Å²) < 4.78 is 33.6. The minimum atomic E-state index is -3.98. The molecule has 0 fully saturated rings. The first-order chi connectivity index (χ1) is 14.3. The number of Topliss-reactive ketones (excluding diaryl/α,β-unsaturated/α-hetero) is 1. The Balaban J connectivity index is 1.98. The molecule has 0 amide bonds. The lowest BCUT2D eigenvalue weighted by atomic mass is 9.98. The van der Waals surface area contributed by atoms with Crippen LogP contribution in [0.25, 0.3) is 0 Å². The van der Waals surface area contributed by atoms with Gasteiger partial charge in [0.1, 0.15) is 11.8 Å². The van der Waals surface area contributed by atoms with Gasteiger partial charge in [-0.15, -0.1) is 11.6 Å². The zero-order valence-corrected chi connectivity index (χ0v) is 18.2. The van der Waals surface area contributed by atoms with Crippen LogP contribution in [0.5, 0.6) is 5.75 Å². The second-order valence-electron chi connectivity index (χ2n) is 6.82. The lowest BCUT2D eigenvalue weighted by Gasteiger charge is -2.23. The molecule has 0 heterocycles. The second-order valence-corrected chi connectivity index (χ2v) is 9.00. The molecular weight excluding hydrogens is 422 g/mol. The number of rotatable bonds is 8. The van der Waals surface area contributed by atoms with E-state index in [1.807, 2.05) is 6.92 Å². The Bertz CT molecular complexity index is 1100. The highest BCUT2D eigenvalue weighted by atomic mass is 35.5. The number of methoxy groups -OCH3 is 1. The Hall–Kier alpha value is -2.67. The van der Waals surface area contributed by atoms with Crippen LogP contribution in [0.1, 0.15) is 26.9 Å². The van der Waals surface area contributed by atoms with Gasteiger partial charge in [0, 0.05) is 5.56 Å². The van der Waals surface area contributed by atoms with E-state index in [0.717, 1.165) is 5.56 Å². The molecule has 5 nitrogen and oxygen atoms in total. The van der Waals surface area contributed by atoms with Crippen LogP contribution in [-0.4, -0.2) is 27.4 Å². The molecule has 0 aliphatic rings. The summed E-state index contributed by atoms with van der Waals surface area (Å²) in [6.07, 6.45) is 0. The standard InChI is InChI=1S/C23H22ClNO4S/c1-16-8-14-20(15-9-16)30(27,28)25-22(23(26)18-6-4-3-5-7-18)21(24)17-10-12-19(29-2)13-11-17/h3-15,21-22,25H,1-2H3/t21-,22-/m1/s1. The number of ether oxygens (including phenoxy) is 1. The molecule has 3 aromatic rings. The molecule has 0 spiro atoms. The molecule has 3 aromatic carbocycles. The average molecular weight is 444 g/mol. The number of aryl methyl sites for hydroxylation is 1. The fraction of sp³-hybridized carbons (Fsp3) is 0.174. The first-order valence-corrected chi connectivity index (χ1v) is 11.2. The van der Waals surface area contributed by atoms with Crippen molar-refractivity contribution in [2.24, 2.45) is 0 Å². The number of carbonyl (C=O) groups excluding carboxylic acids is 1. The highest BCUT2D eigenvalue weighted by molar-refractivity contribution is 7.89. The van der Waals surface area contributed by atoms with Gasteiger partial charge in [-0.05, 0) is 36.8 Å². The number of alkyl halides is 1. The molecule has 3 rings (SSSR count). The van der Waals surface area contributed by atoms with Gasteiger partial charge < -0.3 is 4.74 Å². The molecular formula is C23H22ClNO4S. The molecule has 1 N–H and O–H groups in total. The maximum Gasteiger partial charge on any atom is 0.241 e. The maximum atomic E-state index is 13.2. The predicted octanol–water partition coefficient (Wildman–Crippen LogP) is 4.51. The van der Waals surface area contributed by atoms with Gasteiger partial charge in [0.25, 0.3) is 0 Å². The maximum absolute atomic E-state index is 13.2. The number of ketones is 1. The van der Waals surface area contributed by atoms with Crippen molar-refractivity contribution in [3.63, 3.8) is 0 Å². The van der Waals surface area contributed by atoms with Gasteiger partial charge in [-0.2, -0.15) is 4.72 Å². The van der Waals surface area contributed by atoms with Gasteiger partial charge in [-0.25, -0.2) is 8.42 Å². The number of benzene rings is 3. The zero-order chi connectivity index (χ0) is 21.7. The highest BCUT2D eigenvalue weighted by Crippen LogP contribution is 2.29.